The Morgan fingerprint density at radius 1 is 0.506 bits per heavy atom. The highest BCUT2D eigenvalue weighted by molar-refractivity contribution is 5.80. The van der Waals surface area contributed by atoms with Crippen LogP contribution in [-0.2, 0) is 23.8 Å². The first-order valence-electron chi connectivity index (χ1n) is 32.4. The monoisotopic (exact) mass is 1090 g/mol. The zero-order chi connectivity index (χ0) is 56.1. The van der Waals surface area contributed by atoms with E-state index in [0.29, 0.717) is 12.8 Å². The number of carbonyl (C=O) groups is 2. The summed E-state index contributed by atoms with van der Waals surface area (Å²) in [6, 6.07) is -1.03. The largest absolute Gasteiger partial charge is 0.454 e. The van der Waals surface area contributed by atoms with Crippen molar-refractivity contribution in [2.24, 2.45) is 0 Å². The first kappa shape index (κ1) is 72.6. The molecule has 0 saturated carbocycles. The fourth-order valence-electron chi connectivity index (χ4n) is 10.0. The molecular weight excluding hydrogens is 967 g/mol. The van der Waals surface area contributed by atoms with Crippen LogP contribution in [0.2, 0.25) is 0 Å². The normalized spacial score (nSPS) is 19.3. The summed E-state index contributed by atoms with van der Waals surface area (Å²) in [6.07, 6.45) is 56.0. The second kappa shape index (κ2) is 54.2. The Balaban J connectivity index is 2.56. The van der Waals surface area contributed by atoms with E-state index in [-0.39, 0.29) is 19.4 Å². The number of esters is 1. The van der Waals surface area contributed by atoms with Crippen molar-refractivity contribution in [3.63, 3.8) is 0 Å². The topological polar surface area (TPSA) is 175 Å². The summed E-state index contributed by atoms with van der Waals surface area (Å²) in [5, 5.41) is 56.9. The molecule has 11 nitrogen and oxygen atoms in total. The Kier molecular flexibility index (Phi) is 51.1. The van der Waals surface area contributed by atoms with Crippen molar-refractivity contribution in [3.8, 4) is 0 Å². The number of hydrogen-bond donors (Lipinski definition) is 6. The van der Waals surface area contributed by atoms with Gasteiger partial charge in [0.2, 0.25) is 5.91 Å². The van der Waals surface area contributed by atoms with Gasteiger partial charge in [0.1, 0.15) is 24.4 Å². The van der Waals surface area contributed by atoms with Crippen LogP contribution in [0.4, 0.5) is 0 Å². The average molecular weight is 1090 g/mol. The molecule has 8 atom stereocenters. The van der Waals surface area contributed by atoms with Crippen LogP contribution >= 0.6 is 0 Å². The Bertz CT molecular complexity index is 1440. The highest BCUT2D eigenvalue weighted by Gasteiger charge is 2.47. The van der Waals surface area contributed by atoms with Gasteiger partial charge in [-0.05, 0) is 83.5 Å². The second-order valence-corrected chi connectivity index (χ2v) is 22.5. The smallest absolute Gasteiger partial charge is 0.306 e. The molecule has 6 N–H and O–H groups in total. The molecule has 1 amide bonds. The third-order valence-corrected chi connectivity index (χ3v) is 15.2. The van der Waals surface area contributed by atoms with E-state index in [4.69, 9.17) is 14.2 Å². The lowest BCUT2D eigenvalue weighted by Crippen LogP contribution is -2.61. The molecule has 1 heterocycles. The van der Waals surface area contributed by atoms with Gasteiger partial charge in [0.15, 0.2) is 12.4 Å². The highest BCUT2D eigenvalue weighted by Crippen LogP contribution is 2.26. The van der Waals surface area contributed by atoms with E-state index in [2.05, 4.69) is 62.5 Å². The summed E-state index contributed by atoms with van der Waals surface area (Å²) in [5.74, 6) is -1.20. The van der Waals surface area contributed by atoms with Crippen molar-refractivity contribution in [3.05, 3.63) is 48.6 Å². The SMILES string of the molecule is CCCCC/C=C\C/C=C\CCCCCCCCCCCCCCCCCC(=O)OC1C(OCC(NC(=O)C(O)CCCC/C=C\CCCCCCCC)C(O)/C=C/CCCCCCCCCCC)OC(CO)C(O)C1O. The van der Waals surface area contributed by atoms with Crippen molar-refractivity contribution >= 4 is 11.9 Å². The van der Waals surface area contributed by atoms with Crippen LogP contribution in [-0.4, -0.2) is 99.6 Å². The van der Waals surface area contributed by atoms with E-state index >= 15 is 0 Å². The molecule has 8 unspecified atom stereocenters. The van der Waals surface area contributed by atoms with E-state index in [1.807, 2.05) is 6.08 Å². The van der Waals surface area contributed by atoms with E-state index in [1.165, 1.54) is 186 Å². The molecule has 0 radical (unpaired) electrons. The molecule has 1 saturated heterocycles. The summed E-state index contributed by atoms with van der Waals surface area (Å²) in [6.45, 7) is 5.75. The van der Waals surface area contributed by atoms with Crippen LogP contribution in [0.5, 0.6) is 0 Å². The van der Waals surface area contributed by atoms with Gasteiger partial charge in [-0.2, -0.15) is 0 Å². The summed E-state index contributed by atoms with van der Waals surface area (Å²) in [7, 11) is 0. The number of amides is 1. The minimum atomic E-state index is -1.61. The van der Waals surface area contributed by atoms with Crippen molar-refractivity contribution in [2.75, 3.05) is 13.2 Å². The van der Waals surface area contributed by atoms with Gasteiger partial charge in [-0.25, -0.2) is 0 Å². The molecule has 1 fully saturated rings. The number of rotatable bonds is 55. The Morgan fingerprint density at radius 2 is 0.896 bits per heavy atom. The van der Waals surface area contributed by atoms with Gasteiger partial charge in [0.05, 0.1) is 25.4 Å². The number of allylic oxidation sites excluding steroid dienone is 7. The lowest BCUT2D eigenvalue weighted by molar-refractivity contribution is -0.305. The zero-order valence-electron chi connectivity index (χ0n) is 49.8. The van der Waals surface area contributed by atoms with Crippen LogP contribution < -0.4 is 5.32 Å². The molecule has 0 spiro atoms. The third-order valence-electron chi connectivity index (χ3n) is 15.2. The van der Waals surface area contributed by atoms with Gasteiger partial charge < -0.3 is 45.1 Å². The number of ether oxygens (including phenoxy) is 3. The maximum Gasteiger partial charge on any atom is 0.306 e. The fourth-order valence-corrected chi connectivity index (χ4v) is 10.0. The van der Waals surface area contributed by atoms with Crippen LogP contribution in [0.1, 0.15) is 297 Å². The Hall–Kier alpha value is -2.38. The molecule has 0 aromatic heterocycles. The van der Waals surface area contributed by atoms with Gasteiger partial charge >= 0.3 is 5.97 Å². The zero-order valence-corrected chi connectivity index (χ0v) is 49.8. The minimum Gasteiger partial charge on any atom is -0.454 e. The fraction of sp³-hybridized carbons (Fsp3) is 0.848. The number of unbranched alkanes of at least 4 members (excludes halogenated alkanes) is 35. The van der Waals surface area contributed by atoms with Gasteiger partial charge in [0, 0.05) is 6.42 Å². The lowest BCUT2D eigenvalue weighted by Gasteiger charge is -2.41. The standard InChI is InChI=1S/C66H121NO10/c1-4-7-10-13-16-19-22-24-25-26-27-28-29-30-31-32-33-34-35-36-39-42-45-48-51-54-61(71)77-64-63(73)62(72)60(55-68)76-66(64)75-56-57(58(69)52-49-46-43-40-37-21-18-15-12-9-6-3)67-65(74)59(70)53-50-47-44-41-38-23-20-17-14-11-8-5-2/h16,19,24-25,38,41,49,52,57-60,62-64,66,68-70,72-73H,4-15,17-18,20-23,26-37,39-40,42-48,50-51,53-56H2,1-3H3,(H,67,74)/b19-16-,25-24-,41-38-,52-49+. The number of aliphatic hydroxyl groups is 5. The second-order valence-electron chi connectivity index (χ2n) is 22.5. The van der Waals surface area contributed by atoms with Crippen LogP contribution in [0.25, 0.3) is 0 Å². The summed E-state index contributed by atoms with van der Waals surface area (Å²) < 4.78 is 17.6. The van der Waals surface area contributed by atoms with E-state index < -0.39 is 67.4 Å². The maximum absolute atomic E-state index is 13.4. The van der Waals surface area contributed by atoms with Gasteiger partial charge in [-0.3, -0.25) is 9.59 Å². The van der Waals surface area contributed by atoms with E-state index in [0.717, 1.165) is 64.2 Å². The molecule has 450 valence electrons. The molecule has 1 aliphatic rings. The van der Waals surface area contributed by atoms with Crippen LogP contribution in [0, 0.1) is 0 Å². The van der Waals surface area contributed by atoms with Crippen molar-refractivity contribution in [1.29, 1.82) is 0 Å². The molecule has 0 aromatic carbocycles. The molecule has 1 rings (SSSR count). The maximum atomic E-state index is 13.4. The molecular formula is C66H121NO10. The molecule has 0 aliphatic carbocycles. The van der Waals surface area contributed by atoms with Gasteiger partial charge in [-0.1, -0.05) is 256 Å². The summed E-state index contributed by atoms with van der Waals surface area (Å²) in [4.78, 5) is 26.5. The number of nitrogens with one attached hydrogen (secondary N) is 1. The molecule has 11 heteroatoms. The Labute approximate surface area is 472 Å². The first-order chi connectivity index (χ1) is 37.7. The molecule has 1 aliphatic heterocycles. The molecule has 77 heavy (non-hydrogen) atoms. The van der Waals surface area contributed by atoms with Gasteiger partial charge in [-0.15, -0.1) is 0 Å². The van der Waals surface area contributed by atoms with Crippen LogP contribution in [0.3, 0.4) is 0 Å². The van der Waals surface area contributed by atoms with Crippen molar-refractivity contribution < 1.29 is 49.3 Å². The van der Waals surface area contributed by atoms with Crippen molar-refractivity contribution in [2.45, 2.75) is 346 Å². The summed E-state index contributed by atoms with van der Waals surface area (Å²) in [5.41, 5.74) is 0. The molecule has 0 bridgehead atoms. The number of carbonyl (C=O) groups excluding carboxylic acids is 2. The first-order valence-corrected chi connectivity index (χ1v) is 32.4. The number of hydrogen-bond acceptors (Lipinski definition) is 10. The lowest BCUT2D eigenvalue weighted by atomic mass is 9.99. The van der Waals surface area contributed by atoms with E-state index in [1.54, 1.807) is 6.08 Å². The molecule has 0 aromatic rings. The predicted octanol–water partition coefficient (Wildman–Crippen LogP) is 15.6. The van der Waals surface area contributed by atoms with Crippen LogP contribution in [0.15, 0.2) is 48.6 Å². The van der Waals surface area contributed by atoms with Gasteiger partial charge in [0.25, 0.3) is 0 Å². The predicted molar refractivity (Wildman–Crippen MR) is 320 cm³/mol. The highest BCUT2D eigenvalue weighted by atomic mass is 16.7. The van der Waals surface area contributed by atoms with Crippen molar-refractivity contribution in [1.82, 2.24) is 5.32 Å². The van der Waals surface area contributed by atoms with E-state index in [9.17, 15) is 35.1 Å². The number of aliphatic hydroxyl groups excluding tert-OH is 5. The minimum absolute atomic E-state index is 0.123. The third kappa shape index (κ3) is 42.2. The Morgan fingerprint density at radius 3 is 1.36 bits per heavy atom. The average Bonchev–Trinajstić information content (AvgIpc) is 3.43. The quantitative estimate of drug-likeness (QED) is 0.0195. The summed E-state index contributed by atoms with van der Waals surface area (Å²) >= 11 is 0.